The second kappa shape index (κ2) is 10.8. The molecule has 0 bridgehead atoms. The van der Waals surface area contributed by atoms with Crippen LogP contribution in [0.25, 0.3) is 0 Å². The Labute approximate surface area is 151 Å². The van der Waals surface area contributed by atoms with Crippen LogP contribution >= 0.6 is 11.8 Å². The molecule has 0 N–H and O–H groups in total. The second-order valence-corrected chi connectivity index (χ2v) is 9.47. The molecule has 0 aliphatic rings. The zero-order chi connectivity index (χ0) is 18.8. The van der Waals surface area contributed by atoms with Gasteiger partial charge in [0.1, 0.15) is 6.10 Å². The van der Waals surface area contributed by atoms with E-state index in [1.54, 1.807) is 11.8 Å². The van der Waals surface area contributed by atoms with E-state index in [-0.39, 0.29) is 23.2 Å². The Hall–Kier alpha value is -0.980. The van der Waals surface area contributed by atoms with Crippen LogP contribution in [0.5, 0.6) is 0 Å². The third-order valence-electron chi connectivity index (χ3n) is 2.46. The van der Waals surface area contributed by atoms with Gasteiger partial charge in [-0.3, -0.25) is 4.79 Å². The second-order valence-electron chi connectivity index (χ2n) is 7.92. The van der Waals surface area contributed by atoms with Crippen molar-refractivity contribution in [3.8, 4) is 0 Å². The number of hydrogen-bond donors (Lipinski definition) is 0. The number of esters is 1. The van der Waals surface area contributed by atoms with Gasteiger partial charge in [-0.05, 0) is 48.5 Å². The van der Waals surface area contributed by atoms with Gasteiger partial charge in [-0.1, -0.05) is 6.92 Å². The maximum atomic E-state index is 11.8. The maximum absolute atomic E-state index is 11.8. The smallest absolute Gasteiger partial charge is 0.306 e. The molecule has 0 aromatic carbocycles. The van der Waals surface area contributed by atoms with E-state index < -0.39 is 0 Å². The zero-order valence-corrected chi connectivity index (χ0v) is 17.3. The summed E-state index contributed by atoms with van der Waals surface area (Å²) in [6.45, 7) is 17.0. The minimum atomic E-state index is -0.244. The van der Waals surface area contributed by atoms with Crippen LogP contribution in [-0.4, -0.2) is 47.2 Å². The van der Waals surface area contributed by atoms with Gasteiger partial charge in [0, 0.05) is 11.0 Å². The number of hydrogen-bond acceptors (Lipinski definition) is 7. The lowest BCUT2D eigenvalue weighted by molar-refractivity contribution is -0.147. The quantitative estimate of drug-likeness (QED) is 0.433. The van der Waals surface area contributed by atoms with E-state index in [0.29, 0.717) is 24.8 Å². The number of nitrogens with zero attached hydrogens (tertiary/aromatic N) is 4. The van der Waals surface area contributed by atoms with Crippen LogP contribution in [0, 0.1) is 0 Å². The number of carbonyl (C=O) groups excluding carboxylic acids is 1. The van der Waals surface area contributed by atoms with E-state index in [0.717, 1.165) is 5.75 Å². The van der Waals surface area contributed by atoms with Crippen LogP contribution in [0.4, 0.5) is 0 Å². The topological polar surface area (TPSA) is 75.7 Å². The first-order valence-corrected chi connectivity index (χ1v) is 9.52. The van der Waals surface area contributed by atoms with Crippen molar-refractivity contribution in [3.05, 3.63) is 0 Å². The highest BCUT2D eigenvalue weighted by atomic mass is 32.2. The summed E-state index contributed by atoms with van der Waals surface area (Å²) in [5, 5.41) is 17.0. The Bertz CT molecular complexity index is 425. The lowest BCUT2D eigenvalue weighted by Crippen LogP contribution is -2.19. The molecule has 0 aromatic heterocycles. The van der Waals surface area contributed by atoms with Crippen molar-refractivity contribution >= 4 is 17.7 Å². The van der Waals surface area contributed by atoms with Crippen molar-refractivity contribution in [3.63, 3.8) is 0 Å². The van der Waals surface area contributed by atoms with Gasteiger partial charge in [-0.15, -0.1) is 0 Å². The van der Waals surface area contributed by atoms with E-state index in [1.165, 1.54) is 0 Å². The molecule has 0 amide bonds. The van der Waals surface area contributed by atoms with E-state index in [4.69, 9.17) is 4.74 Å². The molecule has 0 heterocycles. The third kappa shape index (κ3) is 15.9. The number of ether oxygens (including phenoxy) is 1. The van der Waals surface area contributed by atoms with Gasteiger partial charge < -0.3 is 4.74 Å². The lowest BCUT2D eigenvalue weighted by atomic mass is 10.1. The fraction of sp³-hybridized carbons (Fsp3) is 0.941. The first-order valence-electron chi connectivity index (χ1n) is 8.47. The minimum Gasteiger partial charge on any atom is -0.461 e. The predicted octanol–water partition coefficient (Wildman–Crippen LogP) is 4.93. The standard InChI is InChI=1S/C17H34N4O2S/c1-13(11-18-20-16(3,4)5)23-15(22)9-10-24-14(2)12-19-21-17(6,7)8/h13-14H,9-12H2,1-8H3/b20-18+,21-19+. The van der Waals surface area contributed by atoms with Crippen molar-refractivity contribution in [2.45, 2.75) is 84.2 Å². The highest BCUT2D eigenvalue weighted by molar-refractivity contribution is 7.99. The maximum Gasteiger partial charge on any atom is 0.306 e. The normalized spacial score (nSPS) is 15.8. The number of azo groups is 2. The molecule has 2 atom stereocenters. The summed E-state index contributed by atoms with van der Waals surface area (Å²) in [6.07, 6.45) is 0.151. The van der Waals surface area contributed by atoms with Gasteiger partial charge in [-0.25, -0.2) is 0 Å². The molecule has 0 aromatic rings. The summed E-state index contributed by atoms with van der Waals surface area (Å²) < 4.78 is 5.32. The largest absolute Gasteiger partial charge is 0.461 e. The van der Waals surface area contributed by atoms with Crippen molar-refractivity contribution in [2.24, 2.45) is 20.5 Å². The number of rotatable bonds is 9. The Morgan fingerprint density at radius 2 is 1.46 bits per heavy atom. The van der Waals surface area contributed by atoms with Crippen molar-refractivity contribution in [1.82, 2.24) is 0 Å². The minimum absolute atomic E-state index is 0.130. The van der Waals surface area contributed by atoms with Crippen LogP contribution in [0.1, 0.15) is 61.8 Å². The van der Waals surface area contributed by atoms with Crippen molar-refractivity contribution in [1.29, 1.82) is 0 Å². The van der Waals surface area contributed by atoms with E-state index in [1.807, 2.05) is 48.5 Å². The Balaban J connectivity index is 3.89. The van der Waals surface area contributed by atoms with E-state index >= 15 is 0 Å². The number of carbonyl (C=O) groups is 1. The molecular formula is C17H34N4O2S. The van der Waals surface area contributed by atoms with Gasteiger partial charge >= 0.3 is 5.97 Å². The zero-order valence-electron chi connectivity index (χ0n) is 16.5. The first kappa shape index (κ1) is 23.0. The Kier molecular flexibility index (Phi) is 10.4. The van der Waals surface area contributed by atoms with Gasteiger partial charge in [0.05, 0.1) is 30.6 Å². The summed E-state index contributed by atoms with van der Waals surface area (Å²) in [5.41, 5.74) is -0.324. The molecule has 0 fully saturated rings. The predicted molar refractivity (Wildman–Crippen MR) is 101 cm³/mol. The number of thioether (sulfide) groups is 1. The summed E-state index contributed by atoms with van der Waals surface area (Å²) in [7, 11) is 0. The van der Waals surface area contributed by atoms with Crippen LogP contribution in [0.15, 0.2) is 20.5 Å². The average Bonchev–Trinajstić information content (AvgIpc) is 2.35. The van der Waals surface area contributed by atoms with Crippen molar-refractivity contribution in [2.75, 3.05) is 18.8 Å². The summed E-state index contributed by atoms with van der Waals surface area (Å²) in [6, 6.07) is 0. The summed E-state index contributed by atoms with van der Waals surface area (Å²) >= 11 is 1.71. The monoisotopic (exact) mass is 358 g/mol. The highest BCUT2D eigenvalue weighted by Crippen LogP contribution is 2.14. The molecule has 0 saturated carbocycles. The average molecular weight is 359 g/mol. The first-order chi connectivity index (χ1) is 10.9. The fourth-order valence-electron chi connectivity index (χ4n) is 1.45. The van der Waals surface area contributed by atoms with Crippen LogP contribution in [0.2, 0.25) is 0 Å². The third-order valence-corrected chi connectivity index (χ3v) is 3.62. The SMILES string of the molecule is CC(C/N=N/C(C)(C)C)OC(=O)CCSC(C)C/N=N/C(C)(C)C. The van der Waals surface area contributed by atoms with Gasteiger partial charge in [0.25, 0.3) is 0 Å². The van der Waals surface area contributed by atoms with E-state index in [2.05, 4.69) is 27.4 Å². The molecule has 6 nitrogen and oxygen atoms in total. The molecule has 0 spiro atoms. The van der Waals surface area contributed by atoms with Gasteiger partial charge in [-0.2, -0.15) is 32.2 Å². The molecule has 0 aliphatic carbocycles. The lowest BCUT2D eigenvalue weighted by Gasteiger charge is -2.13. The molecule has 7 heteroatoms. The molecular weight excluding hydrogens is 324 g/mol. The summed E-state index contributed by atoms with van der Waals surface area (Å²) in [5.74, 6) is 0.533. The van der Waals surface area contributed by atoms with Crippen LogP contribution in [-0.2, 0) is 9.53 Å². The molecule has 24 heavy (non-hydrogen) atoms. The van der Waals surface area contributed by atoms with Crippen molar-refractivity contribution < 1.29 is 9.53 Å². The molecule has 140 valence electrons. The molecule has 0 aliphatic heterocycles. The Morgan fingerprint density at radius 3 is 1.96 bits per heavy atom. The van der Waals surface area contributed by atoms with Gasteiger partial charge in [0.15, 0.2) is 0 Å². The van der Waals surface area contributed by atoms with E-state index in [9.17, 15) is 4.79 Å². The van der Waals surface area contributed by atoms with Crippen LogP contribution in [0.3, 0.4) is 0 Å². The molecule has 2 unspecified atom stereocenters. The highest BCUT2D eigenvalue weighted by Gasteiger charge is 2.12. The molecule has 0 saturated heterocycles. The van der Waals surface area contributed by atoms with Gasteiger partial charge in [0.2, 0.25) is 0 Å². The van der Waals surface area contributed by atoms with Crippen LogP contribution < -0.4 is 0 Å². The molecule has 0 rings (SSSR count). The fourth-order valence-corrected chi connectivity index (χ4v) is 2.31. The summed E-state index contributed by atoms with van der Waals surface area (Å²) in [4.78, 5) is 11.8. The molecule has 0 radical (unpaired) electrons. The Morgan fingerprint density at radius 1 is 0.958 bits per heavy atom.